The van der Waals surface area contributed by atoms with Crippen molar-refractivity contribution in [2.75, 3.05) is 6.79 Å². The maximum absolute atomic E-state index is 12.7. The third-order valence-corrected chi connectivity index (χ3v) is 4.94. The van der Waals surface area contributed by atoms with Crippen LogP contribution in [-0.4, -0.2) is 24.7 Å². The highest BCUT2D eigenvalue weighted by Crippen LogP contribution is 2.32. The van der Waals surface area contributed by atoms with Gasteiger partial charge < -0.3 is 19.5 Å². The number of aryl methyl sites for hydroxylation is 1. The highest BCUT2D eigenvalue weighted by atomic mass is 35.5. The van der Waals surface area contributed by atoms with Gasteiger partial charge in [0, 0.05) is 21.7 Å². The van der Waals surface area contributed by atoms with E-state index in [1.165, 1.54) is 0 Å². The fourth-order valence-corrected chi connectivity index (χ4v) is 3.41. The molecule has 0 spiro atoms. The maximum atomic E-state index is 12.7. The normalized spacial score (nSPS) is 14.0. The summed E-state index contributed by atoms with van der Waals surface area (Å²) in [6.07, 6.45) is 0. The van der Waals surface area contributed by atoms with Crippen molar-refractivity contribution < 1.29 is 23.8 Å². The quantitative estimate of drug-likeness (QED) is 0.719. The molecular formula is C22H24ClNO5. The highest BCUT2D eigenvalue weighted by molar-refractivity contribution is 6.30. The third-order valence-electron chi connectivity index (χ3n) is 4.72. The number of rotatable bonds is 6. The summed E-state index contributed by atoms with van der Waals surface area (Å²) >= 11 is 6.15. The van der Waals surface area contributed by atoms with Gasteiger partial charge >= 0.3 is 5.97 Å². The number of esters is 1. The van der Waals surface area contributed by atoms with Crippen molar-refractivity contribution >= 4 is 23.5 Å². The molecule has 2 aromatic rings. The molecular weight excluding hydrogens is 394 g/mol. The van der Waals surface area contributed by atoms with E-state index in [-0.39, 0.29) is 25.2 Å². The lowest BCUT2D eigenvalue weighted by molar-refractivity contribution is -0.148. The molecule has 2 aromatic carbocycles. The van der Waals surface area contributed by atoms with E-state index >= 15 is 0 Å². The Morgan fingerprint density at radius 2 is 2.00 bits per heavy atom. The minimum atomic E-state index is -0.777. The van der Waals surface area contributed by atoms with Crippen molar-refractivity contribution in [3.63, 3.8) is 0 Å². The second-order valence-corrected chi connectivity index (χ2v) is 7.72. The summed E-state index contributed by atoms with van der Waals surface area (Å²) in [4.78, 5) is 25.4. The van der Waals surface area contributed by atoms with Crippen LogP contribution < -0.4 is 10.1 Å². The van der Waals surface area contributed by atoms with E-state index < -0.39 is 12.0 Å². The number of fused-ring (bicyclic) bond motifs is 1. The molecule has 3 rings (SSSR count). The first-order valence-corrected chi connectivity index (χ1v) is 9.79. The Morgan fingerprint density at radius 1 is 1.24 bits per heavy atom. The van der Waals surface area contributed by atoms with Crippen molar-refractivity contribution in [3.05, 3.63) is 63.7 Å². The molecule has 0 fully saturated rings. The number of ether oxygens (including phenoxy) is 3. The van der Waals surface area contributed by atoms with Gasteiger partial charge in [-0.25, -0.2) is 4.79 Å². The summed E-state index contributed by atoms with van der Waals surface area (Å²) in [5.74, 6) is -0.339. The molecule has 1 aliphatic rings. The Kier molecular flexibility index (Phi) is 6.77. The Balaban J connectivity index is 1.70. The van der Waals surface area contributed by atoms with Crippen LogP contribution in [0.15, 0.2) is 36.4 Å². The number of carbonyl (C=O) groups is 2. The molecule has 1 amide bonds. The van der Waals surface area contributed by atoms with E-state index in [1.54, 1.807) is 24.3 Å². The smallest absolute Gasteiger partial charge is 0.329 e. The second kappa shape index (κ2) is 9.29. The van der Waals surface area contributed by atoms with Crippen molar-refractivity contribution in [2.24, 2.45) is 5.92 Å². The third kappa shape index (κ3) is 5.08. The van der Waals surface area contributed by atoms with E-state index in [2.05, 4.69) is 5.32 Å². The van der Waals surface area contributed by atoms with Gasteiger partial charge in [-0.2, -0.15) is 0 Å². The van der Waals surface area contributed by atoms with Crippen LogP contribution in [0.1, 0.15) is 40.9 Å². The summed E-state index contributed by atoms with van der Waals surface area (Å²) in [7, 11) is 0. The number of halogens is 1. The number of hydrogen-bond acceptors (Lipinski definition) is 5. The van der Waals surface area contributed by atoms with Gasteiger partial charge in [0.15, 0.2) is 6.79 Å². The van der Waals surface area contributed by atoms with Gasteiger partial charge in [-0.05, 0) is 36.6 Å². The van der Waals surface area contributed by atoms with Crippen molar-refractivity contribution in [1.82, 2.24) is 5.32 Å². The van der Waals surface area contributed by atoms with Crippen LogP contribution in [-0.2, 0) is 27.5 Å². The molecule has 0 saturated heterocycles. The molecule has 0 saturated carbocycles. The number of carbonyl (C=O) groups excluding carboxylic acids is 2. The van der Waals surface area contributed by atoms with Gasteiger partial charge in [-0.3, -0.25) is 4.79 Å². The van der Waals surface area contributed by atoms with Crippen LogP contribution in [0.4, 0.5) is 0 Å². The molecule has 1 atom stereocenters. The fraction of sp³-hybridized carbons (Fsp3) is 0.364. The standard InChI is InChI=1S/C22H24ClNO5/c1-13(2)19(24-21(25)18-7-5-4-6-14(18)3)22(26)28-11-16-9-17(23)8-15-10-27-12-29-20(15)16/h4-9,13,19H,10-12H2,1-3H3,(H,24,25)/t19-/m0/s1. The summed E-state index contributed by atoms with van der Waals surface area (Å²) in [6.45, 7) is 6.07. The van der Waals surface area contributed by atoms with Gasteiger partial charge in [0.25, 0.3) is 5.91 Å². The Hall–Kier alpha value is -2.57. The lowest BCUT2D eigenvalue weighted by Gasteiger charge is -2.23. The molecule has 0 bridgehead atoms. The SMILES string of the molecule is Cc1ccccc1C(=O)N[C@H](C(=O)OCc1cc(Cl)cc2c1OCOC2)C(C)C. The van der Waals surface area contributed by atoms with Crippen molar-refractivity contribution in [2.45, 2.75) is 40.0 Å². The van der Waals surface area contributed by atoms with E-state index in [0.717, 1.165) is 11.1 Å². The predicted octanol–water partition coefficient (Wildman–Crippen LogP) is 4.01. The van der Waals surface area contributed by atoms with Gasteiger partial charge in [0.05, 0.1) is 6.61 Å². The van der Waals surface area contributed by atoms with Crippen molar-refractivity contribution in [3.8, 4) is 5.75 Å². The molecule has 1 N–H and O–H groups in total. The maximum Gasteiger partial charge on any atom is 0.329 e. The molecule has 0 aromatic heterocycles. The zero-order chi connectivity index (χ0) is 21.0. The average Bonchev–Trinajstić information content (AvgIpc) is 2.69. The average molecular weight is 418 g/mol. The molecule has 154 valence electrons. The Morgan fingerprint density at radius 3 is 2.72 bits per heavy atom. The zero-order valence-electron chi connectivity index (χ0n) is 16.7. The van der Waals surface area contributed by atoms with E-state index in [9.17, 15) is 9.59 Å². The number of nitrogens with one attached hydrogen (secondary N) is 1. The fourth-order valence-electron chi connectivity index (χ4n) is 3.15. The van der Waals surface area contributed by atoms with Gasteiger partial charge in [-0.1, -0.05) is 43.6 Å². The Bertz CT molecular complexity index is 912. The monoisotopic (exact) mass is 417 g/mol. The number of hydrogen-bond donors (Lipinski definition) is 1. The highest BCUT2D eigenvalue weighted by Gasteiger charge is 2.27. The molecule has 1 heterocycles. The molecule has 0 aliphatic carbocycles. The lowest BCUT2D eigenvalue weighted by Crippen LogP contribution is -2.45. The molecule has 0 radical (unpaired) electrons. The summed E-state index contributed by atoms with van der Waals surface area (Å²) in [5, 5.41) is 3.30. The van der Waals surface area contributed by atoms with Crippen LogP contribution in [0.5, 0.6) is 5.75 Å². The molecule has 29 heavy (non-hydrogen) atoms. The first-order chi connectivity index (χ1) is 13.9. The Labute approximate surface area is 175 Å². The molecule has 6 nitrogen and oxygen atoms in total. The first kappa shape index (κ1) is 21.1. The van der Waals surface area contributed by atoms with E-state index in [1.807, 2.05) is 32.9 Å². The summed E-state index contributed by atoms with van der Waals surface area (Å²) in [6, 6.07) is 9.92. The lowest BCUT2D eigenvalue weighted by atomic mass is 10.0. The van der Waals surface area contributed by atoms with Crippen LogP contribution in [0.2, 0.25) is 5.02 Å². The topological polar surface area (TPSA) is 73.9 Å². The number of amides is 1. The minimum absolute atomic E-state index is 0.00875. The number of benzene rings is 2. The summed E-state index contributed by atoms with van der Waals surface area (Å²) < 4.78 is 16.3. The van der Waals surface area contributed by atoms with Gasteiger partial charge in [0.2, 0.25) is 0 Å². The zero-order valence-corrected chi connectivity index (χ0v) is 17.4. The van der Waals surface area contributed by atoms with Crippen LogP contribution >= 0.6 is 11.6 Å². The largest absolute Gasteiger partial charge is 0.467 e. The van der Waals surface area contributed by atoms with E-state index in [4.69, 9.17) is 25.8 Å². The minimum Gasteiger partial charge on any atom is -0.467 e. The van der Waals surface area contributed by atoms with E-state index in [0.29, 0.717) is 28.5 Å². The molecule has 0 unspecified atom stereocenters. The first-order valence-electron chi connectivity index (χ1n) is 9.41. The predicted molar refractivity (Wildman–Crippen MR) is 109 cm³/mol. The molecule has 1 aliphatic heterocycles. The molecule has 7 heteroatoms. The van der Waals surface area contributed by atoms with Crippen LogP contribution in [0.3, 0.4) is 0 Å². The van der Waals surface area contributed by atoms with Crippen LogP contribution in [0.25, 0.3) is 0 Å². The van der Waals surface area contributed by atoms with Crippen molar-refractivity contribution in [1.29, 1.82) is 0 Å². The van der Waals surface area contributed by atoms with Gasteiger partial charge in [-0.15, -0.1) is 0 Å². The summed E-state index contributed by atoms with van der Waals surface area (Å²) in [5.41, 5.74) is 2.84. The van der Waals surface area contributed by atoms with Crippen LogP contribution in [0, 0.1) is 12.8 Å². The second-order valence-electron chi connectivity index (χ2n) is 7.28. The van der Waals surface area contributed by atoms with Gasteiger partial charge in [0.1, 0.15) is 18.4 Å².